The number of aliphatic imine (C=N–C) groups is 1. The van der Waals surface area contributed by atoms with Crippen molar-refractivity contribution in [1.29, 1.82) is 0 Å². The van der Waals surface area contributed by atoms with Crippen LogP contribution in [0.15, 0.2) is 53.5 Å². The van der Waals surface area contributed by atoms with Gasteiger partial charge in [-0.3, -0.25) is 9.79 Å². The number of benzene rings is 2. The molecular formula is C23H31IN6OS. The van der Waals surface area contributed by atoms with E-state index in [4.69, 9.17) is 0 Å². The maximum absolute atomic E-state index is 12.1. The quantitative estimate of drug-likeness (QED) is 0.159. The van der Waals surface area contributed by atoms with Crippen LogP contribution < -0.4 is 16.0 Å². The SMILES string of the molecule is CCNC(=NCCc1cccc(C(=O)N(C)C)c1)NCCNc1nc2ccccc2s1.I. The van der Waals surface area contributed by atoms with Gasteiger partial charge in [-0.25, -0.2) is 4.98 Å². The summed E-state index contributed by atoms with van der Waals surface area (Å²) < 4.78 is 1.18. The molecule has 3 rings (SSSR count). The topological polar surface area (TPSA) is 81.7 Å². The average molecular weight is 567 g/mol. The number of aromatic nitrogens is 1. The minimum atomic E-state index is 0. The highest BCUT2D eigenvalue weighted by Gasteiger charge is 2.08. The largest absolute Gasteiger partial charge is 0.360 e. The number of thiazole rings is 1. The predicted octanol–water partition coefficient (Wildman–Crippen LogP) is 3.83. The number of carbonyl (C=O) groups is 1. The molecule has 0 saturated carbocycles. The Bertz CT molecular complexity index is 1000. The zero-order valence-corrected chi connectivity index (χ0v) is 21.9. The van der Waals surface area contributed by atoms with Crippen molar-refractivity contribution < 1.29 is 4.79 Å². The van der Waals surface area contributed by atoms with Crippen LogP contribution in [0, 0.1) is 0 Å². The van der Waals surface area contributed by atoms with Gasteiger partial charge in [0.15, 0.2) is 11.1 Å². The van der Waals surface area contributed by atoms with Crippen LogP contribution in [-0.2, 0) is 6.42 Å². The Labute approximate surface area is 210 Å². The van der Waals surface area contributed by atoms with Crippen LogP contribution in [0.2, 0.25) is 0 Å². The monoisotopic (exact) mass is 566 g/mol. The summed E-state index contributed by atoms with van der Waals surface area (Å²) in [6, 6.07) is 15.9. The van der Waals surface area contributed by atoms with Crippen molar-refractivity contribution in [2.75, 3.05) is 45.6 Å². The molecule has 172 valence electrons. The van der Waals surface area contributed by atoms with Gasteiger partial charge in [0.05, 0.1) is 10.2 Å². The lowest BCUT2D eigenvalue weighted by Crippen LogP contribution is -2.39. The standard InChI is InChI=1S/C23H30N6OS.HI/c1-4-24-22(25-13-12-17-8-7-9-18(16-17)21(30)29(2)3)26-14-15-27-23-28-19-10-5-6-11-20(19)31-23;/h5-11,16H,4,12-15H2,1-3H3,(H,27,28)(H2,24,25,26);1H. The molecule has 7 nitrogen and oxygen atoms in total. The van der Waals surface area contributed by atoms with E-state index in [1.54, 1.807) is 30.3 Å². The molecule has 1 aromatic heterocycles. The van der Waals surface area contributed by atoms with Gasteiger partial charge in [-0.15, -0.1) is 24.0 Å². The van der Waals surface area contributed by atoms with Crippen molar-refractivity contribution in [3.63, 3.8) is 0 Å². The number of amides is 1. The molecule has 3 N–H and O–H groups in total. The fraction of sp³-hybridized carbons (Fsp3) is 0.348. The van der Waals surface area contributed by atoms with Gasteiger partial charge >= 0.3 is 0 Å². The zero-order chi connectivity index (χ0) is 22.1. The maximum atomic E-state index is 12.1. The lowest BCUT2D eigenvalue weighted by molar-refractivity contribution is 0.0827. The summed E-state index contributed by atoms with van der Waals surface area (Å²) in [4.78, 5) is 23.0. The molecule has 9 heteroatoms. The third-order valence-electron chi connectivity index (χ3n) is 4.58. The van der Waals surface area contributed by atoms with Crippen LogP contribution in [0.25, 0.3) is 10.2 Å². The maximum Gasteiger partial charge on any atom is 0.253 e. The number of guanidine groups is 1. The van der Waals surface area contributed by atoms with Crippen LogP contribution in [0.4, 0.5) is 5.13 Å². The summed E-state index contributed by atoms with van der Waals surface area (Å²) in [7, 11) is 3.53. The lowest BCUT2D eigenvalue weighted by Gasteiger charge is -2.12. The van der Waals surface area contributed by atoms with E-state index in [9.17, 15) is 4.79 Å². The third kappa shape index (κ3) is 7.63. The minimum absolute atomic E-state index is 0. The van der Waals surface area contributed by atoms with Crippen molar-refractivity contribution in [1.82, 2.24) is 20.5 Å². The Hall–Kier alpha value is -2.40. The van der Waals surface area contributed by atoms with Crippen molar-refractivity contribution in [2.24, 2.45) is 4.99 Å². The van der Waals surface area contributed by atoms with Crippen LogP contribution in [0.3, 0.4) is 0 Å². The molecule has 0 unspecified atom stereocenters. The van der Waals surface area contributed by atoms with Gasteiger partial charge in [-0.1, -0.05) is 35.6 Å². The highest BCUT2D eigenvalue weighted by atomic mass is 127. The second kappa shape index (κ2) is 13.2. The molecule has 0 aliphatic rings. The Kier molecular flexibility index (Phi) is 10.7. The van der Waals surface area contributed by atoms with E-state index >= 15 is 0 Å². The summed E-state index contributed by atoms with van der Waals surface area (Å²) in [5.41, 5.74) is 2.83. The molecule has 32 heavy (non-hydrogen) atoms. The number of nitrogens with zero attached hydrogens (tertiary/aromatic N) is 3. The Morgan fingerprint density at radius 3 is 2.66 bits per heavy atom. The summed E-state index contributed by atoms with van der Waals surface area (Å²) in [6.07, 6.45) is 0.773. The van der Waals surface area contributed by atoms with Gasteiger partial charge in [0, 0.05) is 45.8 Å². The summed E-state index contributed by atoms with van der Waals surface area (Å²) >= 11 is 1.66. The molecular weight excluding hydrogens is 535 g/mol. The number of fused-ring (bicyclic) bond motifs is 1. The number of carbonyl (C=O) groups excluding carboxylic acids is 1. The van der Waals surface area contributed by atoms with Gasteiger partial charge in [0.2, 0.25) is 0 Å². The molecule has 0 aliphatic heterocycles. The van der Waals surface area contributed by atoms with E-state index in [1.807, 2.05) is 49.4 Å². The molecule has 1 amide bonds. The van der Waals surface area contributed by atoms with E-state index in [0.717, 1.165) is 48.2 Å². The summed E-state index contributed by atoms with van der Waals surface area (Å²) in [5, 5.41) is 10.9. The number of hydrogen-bond acceptors (Lipinski definition) is 5. The van der Waals surface area contributed by atoms with E-state index in [2.05, 4.69) is 32.0 Å². The molecule has 0 bridgehead atoms. The number of hydrogen-bond donors (Lipinski definition) is 3. The Morgan fingerprint density at radius 2 is 1.91 bits per heavy atom. The summed E-state index contributed by atoms with van der Waals surface area (Å²) in [6.45, 7) is 4.96. The minimum Gasteiger partial charge on any atom is -0.360 e. The first kappa shape index (κ1) is 25.9. The second-order valence-electron chi connectivity index (χ2n) is 7.25. The van der Waals surface area contributed by atoms with E-state index in [1.165, 1.54) is 4.70 Å². The number of anilines is 1. The van der Waals surface area contributed by atoms with Crippen molar-refractivity contribution in [2.45, 2.75) is 13.3 Å². The van der Waals surface area contributed by atoms with Crippen LogP contribution in [-0.4, -0.2) is 62.0 Å². The van der Waals surface area contributed by atoms with Crippen molar-refractivity contribution in [3.8, 4) is 0 Å². The highest BCUT2D eigenvalue weighted by molar-refractivity contribution is 14.0. The van der Waals surface area contributed by atoms with Crippen molar-refractivity contribution >= 4 is 62.5 Å². The van der Waals surface area contributed by atoms with Crippen LogP contribution in [0.1, 0.15) is 22.8 Å². The molecule has 0 aliphatic carbocycles. The molecule has 1 heterocycles. The highest BCUT2D eigenvalue weighted by Crippen LogP contribution is 2.24. The number of nitrogens with one attached hydrogen (secondary N) is 3. The number of halogens is 1. The van der Waals surface area contributed by atoms with Gasteiger partial charge in [0.1, 0.15) is 0 Å². The Morgan fingerprint density at radius 1 is 1.09 bits per heavy atom. The van der Waals surface area contributed by atoms with Gasteiger partial charge in [-0.05, 0) is 43.2 Å². The van der Waals surface area contributed by atoms with Gasteiger partial charge in [0.25, 0.3) is 5.91 Å². The number of para-hydroxylation sites is 1. The second-order valence-corrected chi connectivity index (χ2v) is 8.28. The molecule has 0 atom stereocenters. The first-order valence-corrected chi connectivity index (χ1v) is 11.3. The van der Waals surface area contributed by atoms with E-state index in [-0.39, 0.29) is 29.9 Å². The predicted molar refractivity (Wildman–Crippen MR) is 146 cm³/mol. The van der Waals surface area contributed by atoms with Crippen LogP contribution >= 0.6 is 35.3 Å². The molecule has 0 fully saturated rings. The molecule has 0 saturated heterocycles. The van der Waals surface area contributed by atoms with Crippen LogP contribution in [0.5, 0.6) is 0 Å². The molecule has 0 spiro atoms. The van der Waals surface area contributed by atoms with E-state index in [0.29, 0.717) is 12.1 Å². The normalized spacial score (nSPS) is 11.0. The van der Waals surface area contributed by atoms with Gasteiger partial charge < -0.3 is 20.9 Å². The molecule has 3 aromatic rings. The first-order chi connectivity index (χ1) is 15.1. The zero-order valence-electron chi connectivity index (χ0n) is 18.7. The Balaban J connectivity index is 0.00000363. The van der Waals surface area contributed by atoms with Crippen molar-refractivity contribution in [3.05, 3.63) is 59.7 Å². The fourth-order valence-electron chi connectivity index (χ4n) is 3.05. The smallest absolute Gasteiger partial charge is 0.253 e. The first-order valence-electron chi connectivity index (χ1n) is 10.5. The average Bonchev–Trinajstić information content (AvgIpc) is 3.19. The third-order valence-corrected chi connectivity index (χ3v) is 5.58. The molecule has 2 aromatic carbocycles. The summed E-state index contributed by atoms with van der Waals surface area (Å²) in [5.74, 6) is 0.801. The fourth-order valence-corrected chi connectivity index (χ4v) is 3.95. The number of rotatable bonds is 9. The molecule has 0 radical (unpaired) electrons. The van der Waals surface area contributed by atoms with Gasteiger partial charge in [-0.2, -0.15) is 0 Å². The van der Waals surface area contributed by atoms with E-state index < -0.39 is 0 Å². The lowest BCUT2D eigenvalue weighted by atomic mass is 10.1.